The van der Waals surface area contributed by atoms with E-state index in [4.69, 9.17) is 0 Å². The molecule has 1 N–H and O–H groups in total. The summed E-state index contributed by atoms with van der Waals surface area (Å²) in [5.74, 6) is -1.11. The maximum absolute atomic E-state index is 12.8. The Morgan fingerprint density at radius 2 is 1.75 bits per heavy atom. The number of ketones is 2. The molecule has 0 radical (unpaired) electrons. The van der Waals surface area contributed by atoms with Gasteiger partial charge in [-0.25, -0.2) is 0 Å². The molecule has 136 valence electrons. The first kappa shape index (κ1) is 20.8. The van der Waals surface area contributed by atoms with E-state index in [9.17, 15) is 18.9 Å². The first-order valence-corrected chi connectivity index (χ1v) is 9.98. The highest BCUT2D eigenvalue weighted by molar-refractivity contribution is 7.86. The Bertz CT molecular complexity index is 580. The van der Waals surface area contributed by atoms with Crippen molar-refractivity contribution >= 4 is 22.4 Å². The summed E-state index contributed by atoms with van der Waals surface area (Å²) in [6, 6.07) is 0. The lowest BCUT2D eigenvalue weighted by Crippen LogP contribution is -2.30. The highest BCUT2D eigenvalue weighted by Gasteiger charge is 2.49. The average Bonchev–Trinajstić information content (AvgIpc) is 2.72. The van der Waals surface area contributed by atoms with E-state index in [2.05, 4.69) is 0 Å². The van der Waals surface area contributed by atoms with Gasteiger partial charge in [0.15, 0.2) is 11.6 Å². The van der Waals surface area contributed by atoms with Gasteiger partial charge in [-0.15, -0.1) is 0 Å². The fourth-order valence-electron chi connectivity index (χ4n) is 2.69. The van der Waals surface area contributed by atoms with Gasteiger partial charge >= 0.3 is 0 Å². The van der Waals surface area contributed by atoms with Crippen LogP contribution in [0.15, 0.2) is 23.0 Å². The van der Waals surface area contributed by atoms with Gasteiger partial charge in [0, 0.05) is 28.4 Å². The molecule has 0 aliphatic heterocycles. The van der Waals surface area contributed by atoms with Crippen molar-refractivity contribution in [3.63, 3.8) is 0 Å². The lowest BCUT2D eigenvalue weighted by molar-refractivity contribution is -0.118. The predicted octanol–water partition coefficient (Wildman–Crippen LogP) is 3.74. The molecular formula is C19H30O4S. The fraction of sp³-hybridized carbons (Fsp3) is 0.684. The number of Topliss-reactive ketones (excluding diaryl/α,β-unsaturated/α-hetero) is 2. The first-order valence-electron chi connectivity index (χ1n) is 8.60. The average molecular weight is 355 g/mol. The molecule has 4 nitrogen and oxygen atoms in total. The predicted molar refractivity (Wildman–Crippen MR) is 98.3 cm³/mol. The van der Waals surface area contributed by atoms with Gasteiger partial charge in [0.25, 0.3) is 0 Å². The van der Waals surface area contributed by atoms with Gasteiger partial charge in [0.05, 0.1) is 5.57 Å². The molecule has 0 aromatic heterocycles. The maximum atomic E-state index is 12.8. The molecule has 0 heterocycles. The van der Waals surface area contributed by atoms with E-state index in [0.717, 1.165) is 12.0 Å². The zero-order chi connectivity index (χ0) is 18.6. The lowest BCUT2D eigenvalue weighted by Gasteiger charge is -2.15. The molecule has 0 bridgehead atoms. The van der Waals surface area contributed by atoms with Crippen LogP contribution in [0.4, 0.5) is 0 Å². The van der Waals surface area contributed by atoms with Crippen molar-refractivity contribution in [3.8, 4) is 0 Å². The summed E-state index contributed by atoms with van der Waals surface area (Å²) in [6.45, 7) is 11.4. The minimum Gasteiger partial charge on any atom is -0.511 e. The van der Waals surface area contributed by atoms with Crippen LogP contribution in [0.1, 0.15) is 54.4 Å². The molecule has 1 fully saturated rings. The van der Waals surface area contributed by atoms with Gasteiger partial charge in [0.2, 0.25) is 0 Å². The van der Waals surface area contributed by atoms with E-state index in [1.807, 2.05) is 33.8 Å². The van der Waals surface area contributed by atoms with Gasteiger partial charge in [0.1, 0.15) is 11.0 Å². The molecule has 0 amide bonds. The van der Waals surface area contributed by atoms with Crippen molar-refractivity contribution in [2.24, 2.45) is 17.8 Å². The van der Waals surface area contributed by atoms with Crippen molar-refractivity contribution < 1.29 is 18.9 Å². The third kappa shape index (κ3) is 4.88. The van der Waals surface area contributed by atoms with Crippen LogP contribution in [-0.2, 0) is 20.4 Å². The topological polar surface area (TPSA) is 71.4 Å². The molecule has 0 saturated heterocycles. The molecule has 2 unspecified atom stereocenters. The molecule has 1 aliphatic rings. The molecule has 1 saturated carbocycles. The molecule has 1 rings (SSSR count). The van der Waals surface area contributed by atoms with Crippen LogP contribution in [0.2, 0.25) is 0 Å². The number of carbonyl (C=O) groups is 2. The van der Waals surface area contributed by atoms with E-state index in [1.54, 1.807) is 13.8 Å². The molecule has 0 spiro atoms. The smallest absolute Gasteiger partial charge is 0.186 e. The second-order valence-electron chi connectivity index (χ2n) is 7.46. The zero-order valence-corrected chi connectivity index (χ0v) is 16.4. The number of carbonyl (C=O) groups excluding carboxylic acids is 2. The number of aliphatic hydroxyl groups excluding tert-OH is 1. The Morgan fingerprint density at radius 1 is 1.17 bits per heavy atom. The van der Waals surface area contributed by atoms with Crippen LogP contribution in [0.5, 0.6) is 0 Å². The van der Waals surface area contributed by atoms with E-state index in [1.165, 1.54) is 0 Å². The van der Waals surface area contributed by atoms with Gasteiger partial charge in [-0.3, -0.25) is 13.8 Å². The van der Waals surface area contributed by atoms with Crippen molar-refractivity contribution in [1.29, 1.82) is 0 Å². The second-order valence-corrected chi connectivity index (χ2v) is 9.13. The third-order valence-corrected chi connectivity index (χ3v) is 5.96. The number of rotatable bonds is 7. The van der Waals surface area contributed by atoms with E-state index in [-0.39, 0.29) is 23.0 Å². The Kier molecular flexibility index (Phi) is 7.58. The summed E-state index contributed by atoms with van der Waals surface area (Å²) >= 11 is 0. The summed E-state index contributed by atoms with van der Waals surface area (Å²) in [6.07, 6.45) is 3.03. The summed E-state index contributed by atoms with van der Waals surface area (Å²) in [5.41, 5.74) is 0.924. The highest BCUT2D eigenvalue weighted by atomic mass is 32.2. The summed E-state index contributed by atoms with van der Waals surface area (Å²) in [7, 11) is -1.41. The summed E-state index contributed by atoms with van der Waals surface area (Å²) < 4.78 is 12.7. The maximum Gasteiger partial charge on any atom is 0.186 e. The minimum absolute atomic E-state index is 0.125. The van der Waals surface area contributed by atoms with Gasteiger partial charge in [-0.1, -0.05) is 39.3 Å². The Labute approximate surface area is 147 Å². The van der Waals surface area contributed by atoms with E-state index >= 15 is 0 Å². The SMILES string of the molecule is CC(C)=CC[C@@H]1C(=O)C(=C(O)C(C)C)C(=O)C1S(=O)CCC(C)C. The van der Waals surface area contributed by atoms with Crippen molar-refractivity contribution in [2.75, 3.05) is 5.75 Å². The Morgan fingerprint density at radius 3 is 2.21 bits per heavy atom. The van der Waals surface area contributed by atoms with Gasteiger partial charge in [-0.2, -0.15) is 0 Å². The summed E-state index contributed by atoms with van der Waals surface area (Å²) in [4.78, 5) is 25.5. The van der Waals surface area contributed by atoms with Gasteiger partial charge in [-0.05, 0) is 32.6 Å². The normalized spacial score (nSPS) is 24.7. The number of hydrogen-bond acceptors (Lipinski definition) is 4. The van der Waals surface area contributed by atoms with Crippen LogP contribution >= 0.6 is 0 Å². The molecular weight excluding hydrogens is 324 g/mol. The Hall–Kier alpha value is -1.23. The number of aliphatic hydroxyl groups is 1. The van der Waals surface area contributed by atoms with Gasteiger partial charge < -0.3 is 5.11 Å². The molecule has 0 aromatic carbocycles. The van der Waals surface area contributed by atoms with Crippen molar-refractivity contribution in [3.05, 3.63) is 23.0 Å². The molecule has 1 aliphatic carbocycles. The van der Waals surface area contributed by atoms with E-state index < -0.39 is 27.8 Å². The van der Waals surface area contributed by atoms with Crippen molar-refractivity contribution in [2.45, 2.75) is 59.6 Å². The zero-order valence-electron chi connectivity index (χ0n) is 15.6. The van der Waals surface area contributed by atoms with E-state index in [0.29, 0.717) is 18.1 Å². The highest BCUT2D eigenvalue weighted by Crippen LogP contribution is 2.34. The molecule has 0 aromatic rings. The molecule has 5 heteroatoms. The van der Waals surface area contributed by atoms with Crippen molar-refractivity contribution in [1.82, 2.24) is 0 Å². The first-order chi connectivity index (χ1) is 11.1. The number of hydrogen-bond donors (Lipinski definition) is 1. The summed E-state index contributed by atoms with van der Waals surface area (Å²) in [5, 5.41) is 9.37. The second kappa shape index (κ2) is 8.75. The van der Waals surface area contributed by atoms with Crippen LogP contribution < -0.4 is 0 Å². The molecule has 24 heavy (non-hydrogen) atoms. The largest absolute Gasteiger partial charge is 0.511 e. The van der Waals surface area contributed by atoms with Crippen LogP contribution in [0, 0.1) is 17.8 Å². The number of allylic oxidation sites excluding steroid dienone is 4. The lowest BCUT2D eigenvalue weighted by atomic mass is 9.99. The third-order valence-electron chi connectivity index (χ3n) is 4.22. The van der Waals surface area contributed by atoms with Crippen LogP contribution in [0.25, 0.3) is 0 Å². The standard InChI is InChI=1S/C19H30O4S/c1-11(2)7-8-14-17(21)15(16(20)13(5)6)18(22)19(14)24(23)10-9-12(3)4/h7,12-14,19-20H,8-10H2,1-6H3/t14-,19?,24?/m1/s1. The minimum atomic E-state index is -1.41. The fourth-order valence-corrected chi connectivity index (χ4v) is 4.60. The quantitative estimate of drug-likeness (QED) is 0.327. The molecule has 3 atom stereocenters. The van der Waals surface area contributed by atoms with Crippen LogP contribution in [-0.4, -0.2) is 31.9 Å². The Balaban J connectivity index is 3.22. The monoisotopic (exact) mass is 354 g/mol. The van der Waals surface area contributed by atoms with Crippen LogP contribution in [0.3, 0.4) is 0 Å².